The number of hydrogen-bond acceptors (Lipinski definition) is 3. The zero-order valence-corrected chi connectivity index (χ0v) is 13.2. The predicted octanol–water partition coefficient (Wildman–Crippen LogP) is 5.09. The van der Waals surface area contributed by atoms with Gasteiger partial charge in [0.15, 0.2) is 5.13 Å². The van der Waals surface area contributed by atoms with E-state index in [1.807, 2.05) is 0 Å². The molecule has 0 fully saturated rings. The standard InChI is InChI=1S/C14H17BrN2S/c1-4-9(2)16-14-17-13(10(3)18-14)11-5-7-12(15)8-6-11/h5-9H,4H2,1-3H3,(H,16,17). The molecule has 0 aliphatic heterocycles. The van der Waals surface area contributed by atoms with E-state index < -0.39 is 0 Å². The van der Waals surface area contributed by atoms with E-state index in [4.69, 9.17) is 0 Å². The summed E-state index contributed by atoms with van der Waals surface area (Å²) in [5.41, 5.74) is 2.25. The number of benzene rings is 1. The van der Waals surface area contributed by atoms with Gasteiger partial charge in [-0.15, -0.1) is 11.3 Å². The molecule has 1 atom stereocenters. The summed E-state index contributed by atoms with van der Waals surface area (Å²) in [6, 6.07) is 8.76. The normalized spacial score (nSPS) is 12.4. The third kappa shape index (κ3) is 3.12. The van der Waals surface area contributed by atoms with Crippen LogP contribution in [0.25, 0.3) is 11.3 Å². The van der Waals surface area contributed by atoms with Crippen LogP contribution in [0.2, 0.25) is 0 Å². The molecular weight excluding hydrogens is 308 g/mol. The fraction of sp³-hybridized carbons (Fsp3) is 0.357. The Hall–Kier alpha value is -0.870. The molecule has 0 radical (unpaired) electrons. The third-order valence-corrected chi connectivity index (χ3v) is 4.33. The van der Waals surface area contributed by atoms with Gasteiger partial charge in [-0.25, -0.2) is 4.98 Å². The predicted molar refractivity (Wildman–Crippen MR) is 83.4 cm³/mol. The highest BCUT2D eigenvalue weighted by Crippen LogP contribution is 2.31. The Bertz CT molecular complexity index is 519. The molecule has 4 heteroatoms. The molecule has 1 aromatic heterocycles. The number of anilines is 1. The summed E-state index contributed by atoms with van der Waals surface area (Å²) >= 11 is 5.18. The minimum atomic E-state index is 0.466. The molecule has 96 valence electrons. The Morgan fingerprint density at radius 2 is 2.00 bits per heavy atom. The molecule has 0 aliphatic carbocycles. The number of aromatic nitrogens is 1. The summed E-state index contributed by atoms with van der Waals surface area (Å²) < 4.78 is 1.09. The highest BCUT2D eigenvalue weighted by Gasteiger charge is 2.10. The lowest BCUT2D eigenvalue weighted by molar-refractivity contribution is 0.763. The van der Waals surface area contributed by atoms with Gasteiger partial charge < -0.3 is 5.32 Å². The highest BCUT2D eigenvalue weighted by atomic mass is 79.9. The molecule has 1 N–H and O–H groups in total. The topological polar surface area (TPSA) is 24.9 Å². The van der Waals surface area contributed by atoms with Crippen molar-refractivity contribution >= 4 is 32.4 Å². The second kappa shape index (κ2) is 5.85. The Morgan fingerprint density at radius 3 is 2.61 bits per heavy atom. The average molecular weight is 325 g/mol. The largest absolute Gasteiger partial charge is 0.359 e. The zero-order chi connectivity index (χ0) is 13.1. The SMILES string of the molecule is CCC(C)Nc1nc(-c2ccc(Br)cc2)c(C)s1. The number of nitrogens with zero attached hydrogens (tertiary/aromatic N) is 1. The first-order valence-electron chi connectivity index (χ1n) is 6.10. The quantitative estimate of drug-likeness (QED) is 0.847. The molecule has 2 rings (SSSR count). The van der Waals surface area contributed by atoms with Crippen molar-refractivity contribution in [2.75, 3.05) is 5.32 Å². The summed E-state index contributed by atoms with van der Waals surface area (Å²) in [4.78, 5) is 5.94. The second-order valence-corrected chi connectivity index (χ2v) is 6.50. The Morgan fingerprint density at radius 1 is 1.33 bits per heavy atom. The van der Waals surface area contributed by atoms with Gasteiger partial charge in [0.1, 0.15) is 0 Å². The van der Waals surface area contributed by atoms with Crippen LogP contribution in [0, 0.1) is 6.92 Å². The lowest BCUT2D eigenvalue weighted by Gasteiger charge is -2.08. The summed E-state index contributed by atoms with van der Waals surface area (Å²) in [5, 5.41) is 4.45. The zero-order valence-electron chi connectivity index (χ0n) is 10.8. The van der Waals surface area contributed by atoms with E-state index in [0.717, 1.165) is 21.7 Å². The molecule has 0 saturated heterocycles. The first-order valence-corrected chi connectivity index (χ1v) is 7.71. The minimum absolute atomic E-state index is 0.466. The summed E-state index contributed by atoms with van der Waals surface area (Å²) in [7, 11) is 0. The van der Waals surface area contributed by atoms with Crippen molar-refractivity contribution in [1.82, 2.24) is 4.98 Å². The number of nitrogens with one attached hydrogen (secondary N) is 1. The number of rotatable bonds is 4. The molecule has 1 aromatic carbocycles. The molecule has 18 heavy (non-hydrogen) atoms. The molecule has 2 nitrogen and oxygen atoms in total. The molecule has 0 aliphatic rings. The van der Waals surface area contributed by atoms with Crippen molar-refractivity contribution in [3.05, 3.63) is 33.6 Å². The van der Waals surface area contributed by atoms with Crippen molar-refractivity contribution in [1.29, 1.82) is 0 Å². The molecular formula is C14H17BrN2S. The van der Waals surface area contributed by atoms with Crippen molar-refractivity contribution in [3.8, 4) is 11.3 Å². The van der Waals surface area contributed by atoms with Crippen molar-refractivity contribution in [2.24, 2.45) is 0 Å². The van der Waals surface area contributed by atoms with Gasteiger partial charge in [0.05, 0.1) is 5.69 Å². The molecule has 0 bridgehead atoms. The van der Waals surface area contributed by atoms with Crippen LogP contribution in [-0.4, -0.2) is 11.0 Å². The summed E-state index contributed by atoms with van der Waals surface area (Å²) in [6.07, 6.45) is 1.10. The molecule has 1 unspecified atom stereocenters. The van der Waals surface area contributed by atoms with Crippen molar-refractivity contribution < 1.29 is 0 Å². The van der Waals surface area contributed by atoms with Crippen LogP contribution in [0.1, 0.15) is 25.1 Å². The Labute approximate surface area is 121 Å². The van der Waals surface area contributed by atoms with E-state index >= 15 is 0 Å². The molecule has 1 heterocycles. The van der Waals surface area contributed by atoms with E-state index in [0.29, 0.717) is 6.04 Å². The van der Waals surface area contributed by atoms with Gasteiger partial charge >= 0.3 is 0 Å². The van der Waals surface area contributed by atoms with Gasteiger partial charge in [-0.3, -0.25) is 0 Å². The fourth-order valence-electron chi connectivity index (χ4n) is 1.65. The molecule has 2 aromatic rings. The van der Waals surface area contributed by atoms with Gasteiger partial charge in [-0.1, -0.05) is 35.0 Å². The lowest BCUT2D eigenvalue weighted by atomic mass is 10.1. The van der Waals surface area contributed by atoms with Gasteiger partial charge in [0, 0.05) is 21.0 Å². The van der Waals surface area contributed by atoms with Crippen LogP contribution < -0.4 is 5.32 Å². The molecule has 0 amide bonds. The first-order chi connectivity index (χ1) is 8.60. The maximum Gasteiger partial charge on any atom is 0.183 e. The lowest BCUT2D eigenvalue weighted by Crippen LogP contribution is -2.12. The van der Waals surface area contributed by atoms with Crippen LogP contribution >= 0.6 is 27.3 Å². The average Bonchev–Trinajstić information content (AvgIpc) is 2.71. The number of thiazole rings is 1. The smallest absolute Gasteiger partial charge is 0.183 e. The molecule has 0 spiro atoms. The Balaban J connectivity index is 2.26. The van der Waals surface area contributed by atoms with Crippen LogP contribution in [0.4, 0.5) is 5.13 Å². The van der Waals surface area contributed by atoms with E-state index in [-0.39, 0.29) is 0 Å². The summed E-state index contributed by atoms with van der Waals surface area (Å²) in [5.74, 6) is 0. The van der Waals surface area contributed by atoms with Crippen molar-refractivity contribution in [2.45, 2.75) is 33.2 Å². The van der Waals surface area contributed by atoms with E-state index in [2.05, 4.69) is 71.3 Å². The number of aryl methyl sites for hydroxylation is 1. The van der Waals surface area contributed by atoms with Crippen molar-refractivity contribution in [3.63, 3.8) is 0 Å². The highest BCUT2D eigenvalue weighted by molar-refractivity contribution is 9.10. The monoisotopic (exact) mass is 324 g/mol. The van der Waals surface area contributed by atoms with Gasteiger partial charge in [-0.2, -0.15) is 0 Å². The van der Waals surface area contributed by atoms with Gasteiger partial charge in [-0.05, 0) is 32.4 Å². The first kappa shape index (κ1) is 13.6. The maximum absolute atomic E-state index is 4.69. The Kier molecular flexibility index (Phi) is 4.40. The maximum atomic E-state index is 4.69. The van der Waals surface area contributed by atoms with Gasteiger partial charge in [0.25, 0.3) is 0 Å². The van der Waals surface area contributed by atoms with E-state index in [1.165, 1.54) is 10.4 Å². The van der Waals surface area contributed by atoms with Crippen LogP contribution in [0.15, 0.2) is 28.7 Å². The second-order valence-electron chi connectivity index (χ2n) is 4.38. The minimum Gasteiger partial charge on any atom is -0.359 e. The van der Waals surface area contributed by atoms with E-state index in [1.54, 1.807) is 11.3 Å². The fourth-order valence-corrected chi connectivity index (χ4v) is 2.86. The van der Waals surface area contributed by atoms with E-state index in [9.17, 15) is 0 Å². The molecule has 0 saturated carbocycles. The number of halogens is 1. The number of hydrogen-bond donors (Lipinski definition) is 1. The van der Waals surface area contributed by atoms with Crippen LogP contribution in [0.5, 0.6) is 0 Å². The van der Waals surface area contributed by atoms with Crippen LogP contribution in [-0.2, 0) is 0 Å². The third-order valence-electron chi connectivity index (χ3n) is 2.90. The summed E-state index contributed by atoms with van der Waals surface area (Å²) in [6.45, 7) is 6.47. The van der Waals surface area contributed by atoms with Gasteiger partial charge in [0.2, 0.25) is 0 Å². The van der Waals surface area contributed by atoms with Crippen LogP contribution in [0.3, 0.4) is 0 Å².